The van der Waals surface area contributed by atoms with Gasteiger partial charge in [-0.1, -0.05) is 6.92 Å². The summed E-state index contributed by atoms with van der Waals surface area (Å²) in [5, 5.41) is 10.5. The highest BCUT2D eigenvalue weighted by atomic mass is 16.1. The topological polar surface area (TPSA) is 70.7 Å². The lowest BCUT2D eigenvalue weighted by Crippen LogP contribution is -2.13. The van der Waals surface area contributed by atoms with Crippen LogP contribution in [0.1, 0.15) is 34.2 Å². The van der Waals surface area contributed by atoms with Crippen LogP contribution in [0.5, 0.6) is 0 Å². The van der Waals surface area contributed by atoms with Crippen LogP contribution in [0.15, 0.2) is 30.5 Å². The quantitative estimate of drug-likeness (QED) is 0.778. The smallest absolute Gasteiger partial charge is 0.276 e. The van der Waals surface area contributed by atoms with E-state index < -0.39 is 0 Å². The average Bonchev–Trinajstić information content (AvgIpc) is 3.02. The summed E-state index contributed by atoms with van der Waals surface area (Å²) in [6.45, 7) is 6.13. The first-order valence-electron chi connectivity index (χ1n) is 7.30. The lowest BCUT2D eigenvalue weighted by Gasteiger charge is -2.11. The zero-order valence-electron chi connectivity index (χ0n) is 12.9. The van der Waals surface area contributed by atoms with Crippen molar-refractivity contribution in [2.24, 2.45) is 0 Å². The van der Waals surface area contributed by atoms with Crippen LogP contribution in [-0.4, -0.2) is 21.1 Å². The number of nitrogens with one attached hydrogen (secondary N) is 2. The van der Waals surface area contributed by atoms with Gasteiger partial charge in [0.15, 0.2) is 0 Å². The SMILES string of the molecule is CCc1nc2cc(C)c(NC(=O)c3cc[nH]n3)cc2cc1C. The second kappa shape index (κ2) is 5.60. The van der Waals surface area contributed by atoms with E-state index >= 15 is 0 Å². The molecule has 0 bridgehead atoms. The number of carbonyl (C=O) groups is 1. The zero-order valence-corrected chi connectivity index (χ0v) is 12.9. The van der Waals surface area contributed by atoms with Crippen LogP contribution in [0.3, 0.4) is 0 Å². The summed E-state index contributed by atoms with van der Waals surface area (Å²) in [6.07, 6.45) is 2.54. The average molecular weight is 294 g/mol. The van der Waals surface area contributed by atoms with E-state index in [0.29, 0.717) is 5.69 Å². The van der Waals surface area contributed by atoms with Crippen molar-refractivity contribution < 1.29 is 4.79 Å². The molecule has 2 N–H and O–H groups in total. The third kappa shape index (κ3) is 2.57. The molecule has 5 nitrogen and oxygen atoms in total. The summed E-state index contributed by atoms with van der Waals surface area (Å²) >= 11 is 0. The molecule has 112 valence electrons. The number of fused-ring (bicyclic) bond motifs is 1. The molecular formula is C17H18N4O. The Hall–Kier alpha value is -2.69. The number of hydrogen-bond acceptors (Lipinski definition) is 3. The number of aromatic nitrogens is 3. The summed E-state index contributed by atoms with van der Waals surface area (Å²) in [6, 6.07) is 7.73. The van der Waals surface area contributed by atoms with Gasteiger partial charge in [-0.05, 0) is 55.7 Å². The number of aromatic amines is 1. The molecule has 0 aliphatic heterocycles. The van der Waals surface area contributed by atoms with E-state index in [2.05, 4.69) is 35.4 Å². The minimum absolute atomic E-state index is 0.224. The number of amides is 1. The van der Waals surface area contributed by atoms with Crippen molar-refractivity contribution in [1.29, 1.82) is 0 Å². The van der Waals surface area contributed by atoms with E-state index in [0.717, 1.165) is 34.3 Å². The second-order valence-electron chi connectivity index (χ2n) is 5.38. The highest BCUT2D eigenvalue weighted by Crippen LogP contribution is 2.25. The molecule has 0 saturated heterocycles. The molecule has 1 aromatic carbocycles. The minimum atomic E-state index is -0.224. The van der Waals surface area contributed by atoms with E-state index in [9.17, 15) is 4.79 Å². The van der Waals surface area contributed by atoms with Gasteiger partial charge in [0.25, 0.3) is 5.91 Å². The number of H-pyrrole nitrogens is 1. The standard InChI is InChI=1S/C17H18N4O/c1-4-13-10(2)7-12-9-15(11(3)8-16(12)19-13)20-17(22)14-5-6-18-21-14/h5-9H,4H2,1-3H3,(H,18,21)(H,20,22). The molecule has 0 unspecified atom stereocenters. The molecule has 5 heteroatoms. The Morgan fingerprint density at radius 3 is 2.73 bits per heavy atom. The Kier molecular flexibility index (Phi) is 3.63. The Balaban J connectivity index is 2.00. The Labute approximate surface area is 128 Å². The van der Waals surface area contributed by atoms with Gasteiger partial charge in [-0.25, -0.2) is 0 Å². The molecule has 0 aliphatic carbocycles. The predicted molar refractivity (Wildman–Crippen MR) is 87.1 cm³/mol. The second-order valence-corrected chi connectivity index (χ2v) is 5.38. The molecule has 0 radical (unpaired) electrons. The van der Waals surface area contributed by atoms with Gasteiger partial charge >= 0.3 is 0 Å². The van der Waals surface area contributed by atoms with Gasteiger partial charge in [0.1, 0.15) is 5.69 Å². The third-order valence-corrected chi connectivity index (χ3v) is 3.77. The Morgan fingerprint density at radius 2 is 2.05 bits per heavy atom. The minimum Gasteiger partial charge on any atom is -0.320 e. The van der Waals surface area contributed by atoms with Gasteiger partial charge in [-0.3, -0.25) is 14.9 Å². The van der Waals surface area contributed by atoms with Crippen molar-refractivity contribution in [2.45, 2.75) is 27.2 Å². The molecule has 0 aliphatic rings. The first kappa shape index (κ1) is 14.3. The zero-order chi connectivity index (χ0) is 15.7. The van der Waals surface area contributed by atoms with Gasteiger partial charge in [0.05, 0.1) is 5.52 Å². The molecule has 2 aromatic heterocycles. The molecule has 3 aromatic rings. The van der Waals surface area contributed by atoms with Crippen LogP contribution in [0.2, 0.25) is 0 Å². The normalized spacial score (nSPS) is 10.9. The maximum absolute atomic E-state index is 12.1. The van der Waals surface area contributed by atoms with E-state index in [1.807, 2.05) is 19.1 Å². The maximum Gasteiger partial charge on any atom is 0.276 e. The van der Waals surface area contributed by atoms with Crippen LogP contribution in [0, 0.1) is 13.8 Å². The Bertz CT molecular complexity index is 837. The van der Waals surface area contributed by atoms with Gasteiger partial charge in [-0.15, -0.1) is 0 Å². The fourth-order valence-electron chi connectivity index (χ4n) is 2.54. The monoisotopic (exact) mass is 294 g/mol. The molecule has 3 rings (SSSR count). The fourth-order valence-corrected chi connectivity index (χ4v) is 2.54. The molecule has 1 amide bonds. The van der Waals surface area contributed by atoms with Gasteiger partial charge in [0, 0.05) is 23.0 Å². The molecule has 2 heterocycles. The number of aryl methyl sites for hydroxylation is 3. The summed E-state index contributed by atoms with van der Waals surface area (Å²) in [5.74, 6) is -0.224. The maximum atomic E-state index is 12.1. The van der Waals surface area contributed by atoms with E-state index in [1.165, 1.54) is 5.56 Å². The van der Waals surface area contributed by atoms with Crippen molar-refractivity contribution in [3.05, 3.63) is 53.0 Å². The van der Waals surface area contributed by atoms with E-state index in [-0.39, 0.29) is 5.91 Å². The summed E-state index contributed by atoms with van der Waals surface area (Å²) in [5.41, 5.74) is 5.37. The van der Waals surface area contributed by atoms with E-state index in [4.69, 9.17) is 4.98 Å². The molecular weight excluding hydrogens is 276 g/mol. The first-order valence-corrected chi connectivity index (χ1v) is 7.30. The lowest BCUT2D eigenvalue weighted by molar-refractivity contribution is 0.102. The number of pyridine rings is 1. The highest BCUT2D eigenvalue weighted by Gasteiger charge is 2.11. The first-order chi connectivity index (χ1) is 10.6. The number of benzene rings is 1. The summed E-state index contributed by atoms with van der Waals surface area (Å²) < 4.78 is 0. The Morgan fingerprint density at radius 1 is 1.23 bits per heavy atom. The number of anilines is 1. The number of rotatable bonds is 3. The van der Waals surface area contributed by atoms with Gasteiger partial charge < -0.3 is 5.32 Å². The van der Waals surface area contributed by atoms with Crippen LogP contribution in [-0.2, 0) is 6.42 Å². The largest absolute Gasteiger partial charge is 0.320 e. The van der Waals surface area contributed by atoms with Crippen molar-refractivity contribution in [2.75, 3.05) is 5.32 Å². The van der Waals surface area contributed by atoms with Crippen LogP contribution >= 0.6 is 0 Å². The van der Waals surface area contributed by atoms with Crippen molar-refractivity contribution in [3.8, 4) is 0 Å². The highest BCUT2D eigenvalue weighted by molar-refractivity contribution is 6.04. The molecule has 0 fully saturated rings. The van der Waals surface area contributed by atoms with E-state index in [1.54, 1.807) is 12.3 Å². The van der Waals surface area contributed by atoms with Crippen molar-refractivity contribution in [3.63, 3.8) is 0 Å². The third-order valence-electron chi connectivity index (χ3n) is 3.77. The number of hydrogen-bond donors (Lipinski definition) is 2. The summed E-state index contributed by atoms with van der Waals surface area (Å²) in [4.78, 5) is 16.8. The van der Waals surface area contributed by atoms with Crippen molar-refractivity contribution in [1.82, 2.24) is 15.2 Å². The fraction of sp³-hybridized carbons (Fsp3) is 0.235. The lowest BCUT2D eigenvalue weighted by atomic mass is 10.1. The van der Waals surface area contributed by atoms with Gasteiger partial charge in [-0.2, -0.15) is 5.10 Å². The number of carbonyl (C=O) groups excluding carboxylic acids is 1. The predicted octanol–water partition coefficient (Wildman–Crippen LogP) is 3.39. The molecule has 0 atom stereocenters. The van der Waals surface area contributed by atoms with Crippen molar-refractivity contribution >= 4 is 22.5 Å². The van der Waals surface area contributed by atoms with Gasteiger partial charge in [0.2, 0.25) is 0 Å². The van der Waals surface area contributed by atoms with Crippen LogP contribution in [0.4, 0.5) is 5.69 Å². The van der Waals surface area contributed by atoms with Crippen LogP contribution < -0.4 is 5.32 Å². The molecule has 0 spiro atoms. The molecule has 22 heavy (non-hydrogen) atoms. The van der Waals surface area contributed by atoms with Crippen LogP contribution in [0.25, 0.3) is 10.9 Å². The summed E-state index contributed by atoms with van der Waals surface area (Å²) in [7, 11) is 0. The number of nitrogens with zero attached hydrogens (tertiary/aromatic N) is 2. The molecule has 0 saturated carbocycles.